The van der Waals surface area contributed by atoms with Crippen LogP contribution in [0.15, 0.2) is 24.3 Å². The number of benzene rings is 1. The van der Waals surface area contributed by atoms with Crippen LogP contribution in [0.5, 0.6) is 0 Å². The van der Waals surface area contributed by atoms with Crippen molar-refractivity contribution in [3.8, 4) is 0 Å². The molecule has 1 N–H and O–H groups in total. The predicted molar refractivity (Wildman–Crippen MR) is 61.5 cm³/mol. The van der Waals surface area contributed by atoms with Gasteiger partial charge in [-0.25, -0.2) is 0 Å². The zero-order valence-corrected chi connectivity index (χ0v) is 9.97. The van der Waals surface area contributed by atoms with Crippen LogP contribution in [0.25, 0.3) is 0 Å². The molecular weight excluding hydrogens is 243 g/mol. The summed E-state index contributed by atoms with van der Waals surface area (Å²) in [5, 5.41) is 2.65. The van der Waals surface area contributed by atoms with Gasteiger partial charge in [-0.3, -0.25) is 4.79 Å². The van der Waals surface area contributed by atoms with Crippen LogP contribution in [0.2, 0.25) is 0 Å². The highest BCUT2D eigenvalue weighted by Gasteiger charge is 2.61. The molecule has 0 saturated carbocycles. The Balaban J connectivity index is 2.46. The minimum Gasteiger partial charge on any atom is -0.315 e. The summed E-state index contributed by atoms with van der Waals surface area (Å²) in [7, 11) is 0. The topological polar surface area (TPSA) is 29.1 Å². The standard InChI is InChI=1S/C13H14F3NO/c1-9-4-2-3-5-10(9)11(18)12(13(14,15)16)6-7-17-8-12/h2-5,17H,6-8H2,1H3. The molecule has 18 heavy (non-hydrogen) atoms. The molecule has 0 aromatic heterocycles. The number of nitrogens with one attached hydrogen (secondary N) is 1. The third-order valence-electron chi connectivity index (χ3n) is 3.52. The first-order valence-corrected chi connectivity index (χ1v) is 5.76. The van der Waals surface area contributed by atoms with Gasteiger partial charge in [0, 0.05) is 12.1 Å². The highest BCUT2D eigenvalue weighted by molar-refractivity contribution is 6.02. The fourth-order valence-electron chi connectivity index (χ4n) is 2.34. The fraction of sp³-hybridized carbons (Fsp3) is 0.462. The maximum Gasteiger partial charge on any atom is 0.402 e. The molecule has 1 aliphatic rings. The Kier molecular flexibility index (Phi) is 3.19. The normalized spacial score (nSPS) is 24.2. The smallest absolute Gasteiger partial charge is 0.315 e. The molecule has 1 heterocycles. The number of halogens is 3. The summed E-state index contributed by atoms with van der Waals surface area (Å²) >= 11 is 0. The molecule has 1 unspecified atom stereocenters. The van der Waals surface area contributed by atoms with Crippen molar-refractivity contribution < 1.29 is 18.0 Å². The lowest BCUT2D eigenvalue weighted by atomic mass is 9.78. The Labute approximate surface area is 103 Å². The van der Waals surface area contributed by atoms with E-state index in [-0.39, 0.29) is 25.1 Å². The number of ketones is 1. The van der Waals surface area contributed by atoms with E-state index in [0.717, 1.165) is 0 Å². The Morgan fingerprint density at radius 2 is 2.00 bits per heavy atom. The third kappa shape index (κ3) is 1.92. The number of rotatable bonds is 2. The minimum absolute atomic E-state index is 0.165. The van der Waals surface area contributed by atoms with Crippen LogP contribution in [0.4, 0.5) is 13.2 Å². The van der Waals surface area contributed by atoms with E-state index in [1.54, 1.807) is 25.1 Å². The van der Waals surface area contributed by atoms with Crippen molar-refractivity contribution in [3.05, 3.63) is 35.4 Å². The molecular formula is C13H14F3NO. The summed E-state index contributed by atoms with van der Waals surface area (Å²) in [5.41, 5.74) is -1.52. The number of carbonyl (C=O) groups is 1. The first-order valence-electron chi connectivity index (χ1n) is 5.76. The van der Waals surface area contributed by atoms with Gasteiger partial charge in [-0.05, 0) is 25.5 Å². The van der Waals surface area contributed by atoms with Crippen molar-refractivity contribution in [3.63, 3.8) is 0 Å². The fourth-order valence-corrected chi connectivity index (χ4v) is 2.34. The zero-order valence-electron chi connectivity index (χ0n) is 9.97. The summed E-state index contributed by atoms with van der Waals surface area (Å²) < 4.78 is 39.7. The van der Waals surface area contributed by atoms with Crippen molar-refractivity contribution in [1.29, 1.82) is 0 Å². The number of hydrogen-bond donors (Lipinski definition) is 1. The van der Waals surface area contributed by atoms with Crippen LogP contribution in [-0.2, 0) is 0 Å². The molecule has 1 saturated heterocycles. The third-order valence-corrected chi connectivity index (χ3v) is 3.52. The molecule has 1 aromatic carbocycles. The van der Waals surface area contributed by atoms with E-state index in [2.05, 4.69) is 5.32 Å². The van der Waals surface area contributed by atoms with Gasteiger partial charge in [0.1, 0.15) is 5.41 Å². The van der Waals surface area contributed by atoms with E-state index in [1.807, 2.05) is 0 Å². The summed E-state index contributed by atoms with van der Waals surface area (Å²) in [6.07, 6.45) is -4.71. The summed E-state index contributed by atoms with van der Waals surface area (Å²) in [6.45, 7) is 1.54. The van der Waals surface area contributed by atoms with Gasteiger partial charge in [0.25, 0.3) is 0 Å². The van der Waals surface area contributed by atoms with Crippen molar-refractivity contribution in [1.82, 2.24) is 5.32 Å². The molecule has 0 amide bonds. The number of carbonyl (C=O) groups excluding carboxylic acids is 1. The Hall–Kier alpha value is -1.36. The van der Waals surface area contributed by atoms with Gasteiger partial charge in [-0.2, -0.15) is 13.2 Å². The maximum atomic E-state index is 13.2. The molecule has 98 valence electrons. The van der Waals surface area contributed by atoms with Gasteiger partial charge in [0.05, 0.1) is 0 Å². The van der Waals surface area contributed by atoms with Crippen LogP contribution >= 0.6 is 0 Å². The van der Waals surface area contributed by atoms with Gasteiger partial charge < -0.3 is 5.32 Å². The Morgan fingerprint density at radius 1 is 1.33 bits per heavy atom. The molecule has 0 bridgehead atoms. The van der Waals surface area contributed by atoms with E-state index < -0.39 is 17.4 Å². The molecule has 0 spiro atoms. The Morgan fingerprint density at radius 3 is 2.50 bits per heavy atom. The van der Waals surface area contributed by atoms with E-state index in [1.165, 1.54) is 6.07 Å². The van der Waals surface area contributed by atoms with Crippen LogP contribution in [-0.4, -0.2) is 25.0 Å². The molecule has 5 heteroatoms. The predicted octanol–water partition coefficient (Wildman–Crippen LogP) is 2.72. The van der Waals surface area contributed by atoms with Gasteiger partial charge >= 0.3 is 6.18 Å². The number of aryl methyl sites for hydroxylation is 1. The van der Waals surface area contributed by atoms with Crippen molar-refractivity contribution >= 4 is 5.78 Å². The highest BCUT2D eigenvalue weighted by atomic mass is 19.4. The van der Waals surface area contributed by atoms with E-state index in [0.29, 0.717) is 5.56 Å². The molecule has 0 aliphatic carbocycles. The SMILES string of the molecule is Cc1ccccc1C(=O)C1(C(F)(F)F)CCNC1. The lowest BCUT2D eigenvalue weighted by molar-refractivity contribution is -0.197. The van der Waals surface area contributed by atoms with Crippen molar-refractivity contribution in [2.24, 2.45) is 5.41 Å². The van der Waals surface area contributed by atoms with Crippen LogP contribution < -0.4 is 5.32 Å². The zero-order chi connectivity index (χ0) is 13.4. The summed E-state index contributed by atoms with van der Waals surface area (Å²) in [5.74, 6) is -0.821. The molecule has 1 atom stereocenters. The van der Waals surface area contributed by atoms with E-state index >= 15 is 0 Å². The summed E-state index contributed by atoms with van der Waals surface area (Å²) in [6, 6.07) is 6.41. The van der Waals surface area contributed by atoms with E-state index in [4.69, 9.17) is 0 Å². The van der Waals surface area contributed by atoms with Crippen molar-refractivity contribution in [2.75, 3.05) is 13.1 Å². The minimum atomic E-state index is -4.52. The second-order valence-electron chi connectivity index (χ2n) is 4.65. The highest BCUT2D eigenvalue weighted by Crippen LogP contribution is 2.45. The molecule has 1 fully saturated rings. The average molecular weight is 257 g/mol. The molecule has 2 rings (SSSR count). The van der Waals surface area contributed by atoms with Gasteiger partial charge in [0.15, 0.2) is 5.78 Å². The monoisotopic (exact) mass is 257 g/mol. The van der Waals surface area contributed by atoms with Crippen LogP contribution in [0.3, 0.4) is 0 Å². The Bertz CT molecular complexity index is 462. The average Bonchev–Trinajstić information content (AvgIpc) is 2.78. The number of alkyl halides is 3. The molecule has 1 aliphatic heterocycles. The second kappa shape index (κ2) is 4.39. The lowest BCUT2D eigenvalue weighted by Crippen LogP contribution is -2.47. The number of hydrogen-bond acceptors (Lipinski definition) is 2. The molecule has 0 radical (unpaired) electrons. The quantitative estimate of drug-likeness (QED) is 0.825. The van der Waals surface area contributed by atoms with E-state index in [9.17, 15) is 18.0 Å². The van der Waals surface area contributed by atoms with Crippen LogP contribution in [0, 0.1) is 12.3 Å². The maximum absolute atomic E-state index is 13.2. The largest absolute Gasteiger partial charge is 0.402 e. The molecule has 1 aromatic rings. The number of Topliss-reactive ketones (excluding diaryl/α,β-unsaturated/α-hetero) is 1. The summed E-state index contributed by atoms with van der Waals surface area (Å²) in [4.78, 5) is 12.3. The van der Waals surface area contributed by atoms with Gasteiger partial charge in [-0.1, -0.05) is 24.3 Å². The van der Waals surface area contributed by atoms with Gasteiger partial charge in [0.2, 0.25) is 0 Å². The lowest BCUT2D eigenvalue weighted by Gasteiger charge is -2.29. The molecule has 2 nitrogen and oxygen atoms in total. The second-order valence-corrected chi connectivity index (χ2v) is 4.65. The van der Waals surface area contributed by atoms with Crippen LogP contribution in [0.1, 0.15) is 22.3 Å². The van der Waals surface area contributed by atoms with Gasteiger partial charge in [-0.15, -0.1) is 0 Å². The first-order chi connectivity index (χ1) is 8.38. The van der Waals surface area contributed by atoms with Crippen molar-refractivity contribution in [2.45, 2.75) is 19.5 Å². The first kappa shape index (κ1) is 13.1.